The minimum absolute atomic E-state index is 0.110. The average molecular weight is 356 g/mol. The van der Waals surface area contributed by atoms with Gasteiger partial charge in [0, 0.05) is 38.0 Å². The van der Waals surface area contributed by atoms with E-state index in [2.05, 4.69) is 85.0 Å². The van der Waals surface area contributed by atoms with Crippen molar-refractivity contribution in [2.75, 3.05) is 0 Å². The number of benzene rings is 2. The molecule has 0 amide bonds. The van der Waals surface area contributed by atoms with Gasteiger partial charge in [0.2, 0.25) is 0 Å². The molecular weight excluding hydrogens is 334 g/mol. The van der Waals surface area contributed by atoms with Gasteiger partial charge in [-0.2, -0.15) is 0 Å². The molecule has 0 saturated carbocycles. The Labute approximate surface area is 157 Å². The van der Waals surface area contributed by atoms with Crippen LogP contribution in [0.4, 0.5) is 0 Å². The summed E-state index contributed by atoms with van der Waals surface area (Å²) in [7, 11) is 0. The summed E-state index contributed by atoms with van der Waals surface area (Å²) in [6, 6.07) is 15.6. The Hall–Kier alpha value is -2.42. The van der Waals surface area contributed by atoms with E-state index in [1.165, 1.54) is 31.3 Å². The number of rotatable bonds is 3. The first-order valence-electron chi connectivity index (χ1n) is 9.18. The third-order valence-corrected chi connectivity index (χ3v) is 6.70. The average Bonchev–Trinajstić information content (AvgIpc) is 3.05. The molecule has 0 saturated heterocycles. The Balaban J connectivity index is 1.44. The molecule has 1 aromatic heterocycles. The summed E-state index contributed by atoms with van der Waals surface area (Å²) >= 11 is 1.87. The maximum atomic E-state index is 6.69. The molecule has 3 atom stereocenters. The van der Waals surface area contributed by atoms with Gasteiger partial charge >= 0.3 is 0 Å². The molecule has 2 heteroatoms. The number of allylic oxidation sites excluding steroid dienone is 7. The molecule has 128 valence electrons. The van der Waals surface area contributed by atoms with Gasteiger partial charge in [0.25, 0.3) is 0 Å². The summed E-state index contributed by atoms with van der Waals surface area (Å²) in [4.78, 5) is 0. The van der Waals surface area contributed by atoms with Crippen molar-refractivity contribution in [1.29, 1.82) is 0 Å². The number of hydrogen-bond acceptors (Lipinski definition) is 2. The van der Waals surface area contributed by atoms with Crippen LogP contribution in [0.25, 0.3) is 20.2 Å². The summed E-state index contributed by atoms with van der Waals surface area (Å²) in [6.07, 6.45) is 16.3. The van der Waals surface area contributed by atoms with E-state index in [1.807, 2.05) is 11.3 Å². The van der Waals surface area contributed by atoms with Gasteiger partial charge in [-0.3, -0.25) is 0 Å². The van der Waals surface area contributed by atoms with Crippen LogP contribution in [-0.2, 0) is 6.42 Å². The number of hydrogen-bond donors (Lipinski definition) is 1. The van der Waals surface area contributed by atoms with Gasteiger partial charge < -0.3 is 5.73 Å². The smallest absolute Gasteiger partial charge is 0.0355 e. The first-order chi connectivity index (χ1) is 12.8. The van der Waals surface area contributed by atoms with Crippen molar-refractivity contribution in [2.45, 2.75) is 12.5 Å². The van der Waals surface area contributed by atoms with Crippen LogP contribution in [0, 0.1) is 11.8 Å². The third kappa shape index (κ3) is 2.66. The molecule has 2 aromatic carbocycles. The quantitative estimate of drug-likeness (QED) is 0.633. The Kier molecular flexibility index (Phi) is 3.88. The maximum absolute atomic E-state index is 6.69. The van der Waals surface area contributed by atoms with Gasteiger partial charge in [-0.25, -0.2) is 0 Å². The van der Waals surface area contributed by atoms with Gasteiger partial charge in [-0.15, -0.1) is 11.3 Å². The summed E-state index contributed by atoms with van der Waals surface area (Å²) < 4.78 is 2.71. The van der Waals surface area contributed by atoms with Crippen LogP contribution in [-0.4, -0.2) is 6.04 Å². The van der Waals surface area contributed by atoms with Crippen LogP contribution in [0.2, 0.25) is 0 Å². The van der Waals surface area contributed by atoms with Gasteiger partial charge in [-0.05, 0) is 35.8 Å². The fourth-order valence-electron chi connectivity index (χ4n) is 4.22. The van der Waals surface area contributed by atoms with Gasteiger partial charge in [0.05, 0.1) is 0 Å². The monoisotopic (exact) mass is 355 g/mol. The predicted molar refractivity (Wildman–Crippen MR) is 113 cm³/mol. The molecule has 3 aromatic rings. The standard InChI is InChI=1S/C24H21NS/c25-22(19-10-5-7-17-6-1-2-8-18(17)19)15-16-12-13-24-21(14-16)20-9-3-4-11-23(20)26-24/h1-14,18-19,22H,15,25H2. The first kappa shape index (κ1) is 15.8. The van der Waals surface area contributed by atoms with Crippen molar-refractivity contribution in [3.63, 3.8) is 0 Å². The fraction of sp³-hybridized carbons (Fsp3) is 0.167. The van der Waals surface area contributed by atoms with Crippen LogP contribution in [0.5, 0.6) is 0 Å². The molecule has 0 aliphatic heterocycles. The third-order valence-electron chi connectivity index (χ3n) is 5.55. The van der Waals surface area contributed by atoms with Crippen molar-refractivity contribution < 1.29 is 0 Å². The molecular formula is C24H21NS. The lowest BCUT2D eigenvalue weighted by atomic mass is 9.75. The summed E-state index contributed by atoms with van der Waals surface area (Å²) in [6.45, 7) is 0. The zero-order valence-electron chi connectivity index (χ0n) is 14.5. The van der Waals surface area contributed by atoms with E-state index in [-0.39, 0.29) is 6.04 Å². The second kappa shape index (κ2) is 6.39. The lowest BCUT2D eigenvalue weighted by Gasteiger charge is -2.32. The lowest BCUT2D eigenvalue weighted by molar-refractivity contribution is 0.428. The minimum Gasteiger partial charge on any atom is -0.327 e. The topological polar surface area (TPSA) is 26.0 Å². The van der Waals surface area contributed by atoms with E-state index in [0.29, 0.717) is 11.8 Å². The van der Waals surface area contributed by atoms with Crippen molar-refractivity contribution >= 4 is 31.5 Å². The van der Waals surface area contributed by atoms with Crippen molar-refractivity contribution in [3.8, 4) is 0 Å². The molecule has 1 heterocycles. The van der Waals surface area contributed by atoms with Gasteiger partial charge in [0.15, 0.2) is 0 Å². The second-order valence-corrected chi connectivity index (χ2v) is 8.28. The highest BCUT2D eigenvalue weighted by molar-refractivity contribution is 7.25. The first-order valence-corrected chi connectivity index (χ1v) is 10.0. The number of fused-ring (bicyclic) bond motifs is 4. The Morgan fingerprint density at radius 1 is 0.923 bits per heavy atom. The molecule has 26 heavy (non-hydrogen) atoms. The number of thiophene rings is 1. The molecule has 5 rings (SSSR count). The SMILES string of the molecule is NC(Cc1ccc2sc3ccccc3c2c1)C1C=CC=C2C=CC=CC21. The zero-order chi connectivity index (χ0) is 17.5. The zero-order valence-corrected chi connectivity index (χ0v) is 15.3. The lowest BCUT2D eigenvalue weighted by Crippen LogP contribution is -2.37. The summed E-state index contributed by atoms with van der Waals surface area (Å²) in [5.41, 5.74) is 9.38. The van der Waals surface area contributed by atoms with Crippen LogP contribution in [0.3, 0.4) is 0 Å². The molecule has 2 aliphatic rings. The Bertz CT molecular complexity index is 1100. The van der Waals surface area contributed by atoms with E-state index >= 15 is 0 Å². The van der Waals surface area contributed by atoms with E-state index in [0.717, 1.165) is 6.42 Å². The molecule has 0 spiro atoms. The molecule has 0 bridgehead atoms. The van der Waals surface area contributed by atoms with Crippen LogP contribution in [0.15, 0.2) is 90.6 Å². The predicted octanol–water partition coefficient (Wildman–Crippen LogP) is 5.78. The Morgan fingerprint density at radius 2 is 1.81 bits per heavy atom. The summed E-state index contributed by atoms with van der Waals surface area (Å²) in [5.74, 6) is 0.761. The molecule has 1 nitrogen and oxygen atoms in total. The molecule has 0 fully saturated rings. The van der Waals surface area contributed by atoms with E-state index in [4.69, 9.17) is 5.73 Å². The van der Waals surface area contributed by atoms with Crippen LogP contribution >= 0.6 is 11.3 Å². The highest BCUT2D eigenvalue weighted by Gasteiger charge is 2.28. The Morgan fingerprint density at radius 3 is 2.77 bits per heavy atom. The van der Waals surface area contributed by atoms with E-state index in [9.17, 15) is 0 Å². The van der Waals surface area contributed by atoms with Gasteiger partial charge in [-0.1, -0.05) is 66.8 Å². The normalized spacial score (nSPS) is 22.6. The fourth-order valence-corrected chi connectivity index (χ4v) is 5.31. The van der Waals surface area contributed by atoms with Gasteiger partial charge in [0.1, 0.15) is 0 Å². The molecule has 2 N–H and O–H groups in total. The summed E-state index contributed by atoms with van der Waals surface area (Å²) in [5, 5.41) is 2.71. The van der Waals surface area contributed by atoms with E-state index in [1.54, 1.807) is 0 Å². The highest BCUT2D eigenvalue weighted by atomic mass is 32.1. The second-order valence-electron chi connectivity index (χ2n) is 7.20. The van der Waals surface area contributed by atoms with Crippen molar-refractivity contribution in [3.05, 3.63) is 96.1 Å². The number of nitrogens with two attached hydrogens (primary N) is 1. The van der Waals surface area contributed by atoms with Crippen LogP contribution < -0.4 is 5.73 Å². The molecule has 0 radical (unpaired) electrons. The van der Waals surface area contributed by atoms with Crippen molar-refractivity contribution in [1.82, 2.24) is 0 Å². The van der Waals surface area contributed by atoms with E-state index < -0.39 is 0 Å². The highest BCUT2D eigenvalue weighted by Crippen LogP contribution is 2.36. The maximum Gasteiger partial charge on any atom is 0.0355 e. The van der Waals surface area contributed by atoms with Crippen LogP contribution in [0.1, 0.15) is 5.56 Å². The molecule has 2 aliphatic carbocycles. The minimum atomic E-state index is 0.110. The van der Waals surface area contributed by atoms with Crippen molar-refractivity contribution in [2.24, 2.45) is 17.6 Å². The molecule has 3 unspecified atom stereocenters. The largest absolute Gasteiger partial charge is 0.327 e.